The molecule has 1 aliphatic heterocycles. The Morgan fingerprint density at radius 3 is 2.74 bits per heavy atom. The first-order valence-electron chi connectivity index (χ1n) is 12.1. The van der Waals surface area contributed by atoms with Gasteiger partial charge in [0.25, 0.3) is 0 Å². The van der Waals surface area contributed by atoms with Crippen LogP contribution in [0.3, 0.4) is 0 Å². The maximum Gasteiger partial charge on any atom is 0.419 e. The molecule has 2 aromatic carbocycles. The summed E-state index contributed by atoms with van der Waals surface area (Å²) in [5.41, 5.74) is 0.500. The van der Waals surface area contributed by atoms with Crippen LogP contribution in [0, 0.1) is 11.7 Å². The fourth-order valence-corrected chi connectivity index (χ4v) is 5.14. The van der Waals surface area contributed by atoms with Crippen LogP contribution in [0.1, 0.15) is 18.4 Å². The van der Waals surface area contributed by atoms with E-state index >= 15 is 0 Å². The standard InChI is InChI=1S/C26H22BrClF4N6O/c27-19-13-34-38-23(11-22(36-24(19)38)17-5-1-2-6-20(17)28)33-12-15-4-3-9-37(14-15)25(39)35-16-7-8-21(29)18(10-16)26(30,31)32/h1-2,5-8,10-11,13,15,33H,3-4,9,12,14H2,(H,35,39). The number of aromatic nitrogens is 3. The van der Waals surface area contributed by atoms with Crippen LogP contribution in [-0.2, 0) is 6.18 Å². The molecule has 1 atom stereocenters. The van der Waals surface area contributed by atoms with E-state index in [2.05, 4.69) is 31.7 Å². The van der Waals surface area contributed by atoms with E-state index in [1.165, 1.54) is 0 Å². The van der Waals surface area contributed by atoms with Crippen molar-refractivity contribution in [1.82, 2.24) is 19.5 Å². The van der Waals surface area contributed by atoms with Gasteiger partial charge in [-0.25, -0.2) is 14.2 Å². The van der Waals surface area contributed by atoms with E-state index < -0.39 is 23.6 Å². The first kappa shape index (κ1) is 27.2. The Kier molecular flexibility index (Phi) is 7.68. The van der Waals surface area contributed by atoms with E-state index in [1.807, 2.05) is 24.3 Å². The van der Waals surface area contributed by atoms with E-state index in [4.69, 9.17) is 16.6 Å². The van der Waals surface area contributed by atoms with E-state index in [-0.39, 0.29) is 11.6 Å². The number of nitrogens with zero attached hydrogens (tertiary/aromatic N) is 4. The smallest absolute Gasteiger partial charge is 0.370 e. The van der Waals surface area contributed by atoms with Crippen LogP contribution < -0.4 is 10.6 Å². The van der Waals surface area contributed by atoms with Gasteiger partial charge < -0.3 is 15.5 Å². The summed E-state index contributed by atoms with van der Waals surface area (Å²) in [4.78, 5) is 19.1. The first-order chi connectivity index (χ1) is 18.6. The fraction of sp³-hybridized carbons (Fsp3) is 0.269. The summed E-state index contributed by atoms with van der Waals surface area (Å²) in [6.07, 6.45) is -1.64. The second kappa shape index (κ2) is 11.0. The van der Waals surface area contributed by atoms with E-state index in [9.17, 15) is 22.4 Å². The quantitative estimate of drug-likeness (QED) is 0.228. The maximum atomic E-state index is 13.6. The molecule has 39 heavy (non-hydrogen) atoms. The second-order valence-electron chi connectivity index (χ2n) is 9.19. The largest absolute Gasteiger partial charge is 0.419 e. The number of anilines is 2. The molecule has 13 heteroatoms. The van der Waals surface area contributed by atoms with Gasteiger partial charge in [-0.3, -0.25) is 0 Å². The average molecular weight is 626 g/mol. The number of halogens is 6. The Bertz CT molecular complexity index is 1530. The lowest BCUT2D eigenvalue weighted by Gasteiger charge is -2.33. The SMILES string of the molecule is O=C(Nc1ccc(F)c(C(F)(F)F)c1)N1CCCC(CNc2cc(-c3ccccc3Cl)nc3c(Br)cnn23)C1. The van der Waals surface area contributed by atoms with Gasteiger partial charge in [0.05, 0.1) is 21.9 Å². The summed E-state index contributed by atoms with van der Waals surface area (Å²) in [7, 11) is 0. The van der Waals surface area contributed by atoms with Gasteiger partial charge in [0.15, 0.2) is 5.65 Å². The number of carbonyl (C=O) groups excluding carboxylic acids is 1. The van der Waals surface area contributed by atoms with Gasteiger partial charge in [0.1, 0.15) is 11.6 Å². The number of amides is 2. The molecule has 5 rings (SSSR count). The van der Waals surface area contributed by atoms with Crippen LogP contribution in [0.5, 0.6) is 0 Å². The molecule has 2 N–H and O–H groups in total. The fourth-order valence-electron chi connectivity index (χ4n) is 4.56. The Hall–Kier alpha value is -3.38. The van der Waals surface area contributed by atoms with Crippen molar-refractivity contribution in [2.45, 2.75) is 19.0 Å². The lowest BCUT2D eigenvalue weighted by Crippen LogP contribution is -2.44. The molecule has 4 aromatic rings. The highest BCUT2D eigenvalue weighted by Gasteiger charge is 2.34. The van der Waals surface area contributed by atoms with Gasteiger partial charge in [0.2, 0.25) is 0 Å². The number of fused-ring (bicyclic) bond motifs is 1. The molecule has 7 nitrogen and oxygen atoms in total. The van der Waals surface area contributed by atoms with Crippen molar-refractivity contribution in [2.24, 2.45) is 5.92 Å². The molecule has 1 fully saturated rings. The van der Waals surface area contributed by atoms with E-state index in [1.54, 1.807) is 21.7 Å². The molecule has 1 aliphatic rings. The number of hydrogen-bond donors (Lipinski definition) is 2. The van der Waals surface area contributed by atoms with Gasteiger partial charge in [0, 0.05) is 42.0 Å². The molecule has 204 valence electrons. The predicted molar refractivity (Wildman–Crippen MR) is 144 cm³/mol. The number of benzene rings is 2. The summed E-state index contributed by atoms with van der Waals surface area (Å²) in [6, 6.07) is 11.1. The van der Waals surface area contributed by atoms with Crippen LogP contribution in [-0.4, -0.2) is 45.2 Å². The number of carbonyl (C=O) groups is 1. The minimum atomic E-state index is -4.86. The molecule has 0 radical (unpaired) electrons. The monoisotopic (exact) mass is 624 g/mol. The van der Waals surface area contributed by atoms with Gasteiger partial charge in [-0.2, -0.15) is 22.8 Å². The maximum absolute atomic E-state index is 13.6. The van der Waals surface area contributed by atoms with Gasteiger partial charge >= 0.3 is 12.2 Å². The molecule has 1 unspecified atom stereocenters. The lowest BCUT2D eigenvalue weighted by molar-refractivity contribution is -0.139. The van der Waals surface area contributed by atoms with Crippen LogP contribution in [0.2, 0.25) is 5.02 Å². The van der Waals surface area contributed by atoms with Crippen molar-refractivity contribution in [3.8, 4) is 11.3 Å². The Morgan fingerprint density at radius 2 is 1.97 bits per heavy atom. The summed E-state index contributed by atoms with van der Waals surface area (Å²) < 4.78 is 55.1. The van der Waals surface area contributed by atoms with Crippen LogP contribution in [0.15, 0.2) is 59.2 Å². The lowest BCUT2D eigenvalue weighted by atomic mass is 9.98. The van der Waals surface area contributed by atoms with E-state index in [0.717, 1.165) is 28.9 Å². The molecule has 0 aliphatic carbocycles. The molecular weight excluding hydrogens is 604 g/mol. The van der Waals surface area contributed by atoms with Crippen LogP contribution >= 0.6 is 27.5 Å². The summed E-state index contributed by atoms with van der Waals surface area (Å²) in [6.45, 7) is 1.36. The molecule has 2 amide bonds. The Labute approximate surface area is 234 Å². The zero-order valence-corrected chi connectivity index (χ0v) is 22.6. The Morgan fingerprint density at radius 1 is 1.18 bits per heavy atom. The molecule has 0 spiro atoms. The van der Waals surface area contributed by atoms with Gasteiger partial charge in [-0.05, 0) is 59.0 Å². The van der Waals surface area contributed by atoms with Crippen molar-refractivity contribution in [3.63, 3.8) is 0 Å². The highest BCUT2D eigenvalue weighted by molar-refractivity contribution is 9.10. The summed E-state index contributed by atoms with van der Waals surface area (Å²) in [5, 5.41) is 10.8. The molecule has 2 aromatic heterocycles. The number of piperidine rings is 1. The van der Waals surface area contributed by atoms with Crippen molar-refractivity contribution in [3.05, 3.63) is 75.6 Å². The molecule has 0 bridgehead atoms. The first-order valence-corrected chi connectivity index (χ1v) is 13.2. The van der Waals surface area contributed by atoms with Gasteiger partial charge in [-0.1, -0.05) is 29.8 Å². The van der Waals surface area contributed by atoms with Crippen LogP contribution in [0.25, 0.3) is 16.9 Å². The number of likely N-dealkylation sites (tertiary alicyclic amines) is 1. The summed E-state index contributed by atoms with van der Waals surface area (Å²) >= 11 is 9.89. The molecule has 0 saturated carbocycles. The molecule has 1 saturated heterocycles. The molecular formula is C26H22BrClF4N6O. The van der Waals surface area contributed by atoms with E-state index in [0.29, 0.717) is 53.9 Å². The third-order valence-corrected chi connectivity index (χ3v) is 7.37. The summed E-state index contributed by atoms with van der Waals surface area (Å²) in [5.74, 6) is -0.639. The van der Waals surface area contributed by atoms with Crippen LogP contribution in [0.4, 0.5) is 33.9 Å². The molecule has 3 heterocycles. The van der Waals surface area contributed by atoms with Crippen molar-refractivity contribution < 1.29 is 22.4 Å². The number of nitrogens with one attached hydrogen (secondary N) is 2. The highest BCUT2D eigenvalue weighted by atomic mass is 79.9. The topological polar surface area (TPSA) is 74.6 Å². The normalized spacial score (nSPS) is 15.9. The Balaban J connectivity index is 1.29. The van der Waals surface area contributed by atoms with Gasteiger partial charge in [-0.15, -0.1) is 0 Å². The average Bonchev–Trinajstić information content (AvgIpc) is 3.28. The highest BCUT2D eigenvalue weighted by Crippen LogP contribution is 2.33. The number of rotatable bonds is 5. The minimum absolute atomic E-state index is 0.0643. The van der Waals surface area contributed by atoms with Crippen molar-refractivity contribution in [1.29, 1.82) is 0 Å². The van der Waals surface area contributed by atoms with Crippen molar-refractivity contribution >= 4 is 50.7 Å². The number of hydrogen-bond acceptors (Lipinski definition) is 4. The predicted octanol–water partition coefficient (Wildman–Crippen LogP) is 7.33. The number of alkyl halides is 3. The number of urea groups is 1. The second-order valence-corrected chi connectivity index (χ2v) is 10.5. The third-order valence-electron chi connectivity index (χ3n) is 6.48. The zero-order chi connectivity index (χ0) is 27.7. The minimum Gasteiger partial charge on any atom is -0.370 e. The van der Waals surface area contributed by atoms with Crippen molar-refractivity contribution in [2.75, 3.05) is 30.3 Å². The third kappa shape index (κ3) is 5.96. The zero-order valence-electron chi connectivity index (χ0n) is 20.3.